The normalized spacial score (nSPS) is 20.3. The van der Waals surface area contributed by atoms with Crippen molar-refractivity contribution < 1.29 is 5.11 Å². The van der Waals surface area contributed by atoms with Crippen LogP contribution in [0.5, 0.6) is 0 Å². The summed E-state index contributed by atoms with van der Waals surface area (Å²) in [5.74, 6) is 1.85. The van der Waals surface area contributed by atoms with E-state index in [1.54, 1.807) is 0 Å². The molecule has 0 aliphatic heterocycles. The molecule has 0 bridgehead atoms. The van der Waals surface area contributed by atoms with Crippen molar-refractivity contribution in [2.24, 2.45) is 5.92 Å². The number of fused-ring (bicyclic) bond motifs is 2. The molecule has 0 saturated heterocycles. The van der Waals surface area contributed by atoms with Crippen LogP contribution >= 0.6 is 11.6 Å². The van der Waals surface area contributed by atoms with E-state index in [0.29, 0.717) is 22.3 Å². The number of halogens is 1. The Hall–Kier alpha value is -2.64. The minimum absolute atomic E-state index is 0.257. The van der Waals surface area contributed by atoms with Gasteiger partial charge in [-0.25, -0.2) is 14.5 Å². The Labute approximate surface area is 179 Å². The maximum Gasteiger partial charge on any atom is 0.153 e. The molecule has 0 radical (unpaired) electrons. The first kappa shape index (κ1) is 19.3. The van der Waals surface area contributed by atoms with E-state index in [9.17, 15) is 5.11 Å². The smallest absolute Gasteiger partial charge is 0.153 e. The third-order valence-corrected chi connectivity index (χ3v) is 6.75. The fourth-order valence-corrected chi connectivity index (χ4v) is 4.96. The molecule has 0 atom stereocenters. The molecular formula is C22H25ClN6O. The van der Waals surface area contributed by atoms with Gasteiger partial charge in [0.25, 0.3) is 0 Å². The number of hydrogen-bond acceptors (Lipinski definition) is 5. The number of H-pyrrole nitrogens is 1. The quantitative estimate of drug-likeness (QED) is 0.447. The number of aliphatic hydroxyl groups is 1. The van der Waals surface area contributed by atoms with Crippen LogP contribution in [0.2, 0.25) is 5.02 Å². The van der Waals surface area contributed by atoms with Crippen molar-refractivity contribution in [3.63, 3.8) is 0 Å². The summed E-state index contributed by atoms with van der Waals surface area (Å²) in [5.41, 5.74) is 8.76. The van der Waals surface area contributed by atoms with Crippen molar-refractivity contribution in [3.8, 4) is 11.4 Å². The van der Waals surface area contributed by atoms with Crippen LogP contribution in [0.4, 0.5) is 5.82 Å². The first-order chi connectivity index (χ1) is 14.3. The molecule has 0 amide bonds. The van der Waals surface area contributed by atoms with Crippen LogP contribution in [-0.4, -0.2) is 35.3 Å². The molecule has 1 aliphatic rings. The number of aromatic amines is 1. The predicted molar refractivity (Wildman–Crippen MR) is 118 cm³/mol. The predicted octanol–water partition coefficient (Wildman–Crippen LogP) is 4.55. The fraction of sp³-hybridized carbons (Fsp3) is 0.409. The van der Waals surface area contributed by atoms with Gasteiger partial charge in [0.2, 0.25) is 0 Å². The van der Waals surface area contributed by atoms with Crippen molar-refractivity contribution in [1.82, 2.24) is 24.6 Å². The number of para-hydroxylation sites is 1. The Morgan fingerprint density at radius 3 is 2.70 bits per heavy atom. The van der Waals surface area contributed by atoms with Crippen LogP contribution in [0, 0.1) is 5.92 Å². The van der Waals surface area contributed by atoms with Crippen molar-refractivity contribution in [2.75, 3.05) is 5.73 Å². The average molecular weight is 425 g/mol. The summed E-state index contributed by atoms with van der Waals surface area (Å²) in [5, 5.41) is 16.5. The zero-order chi connectivity index (χ0) is 21.0. The highest BCUT2D eigenvalue weighted by molar-refractivity contribution is 6.35. The minimum Gasteiger partial charge on any atom is -0.390 e. The van der Waals surface area contributed by atoms with Gasteiger partial charge in [-0.2, -0.15) is 5.10 Å². The molecule has 3 aromatic heterocycles. The third kappa shape index (κ3) is 3.13. The topological polar surface area (TPSA) is 105 Å². The number of rotatable bonds is 3. The van der Waals surface area contributed by atoms with Crippen LogP contribution < -0.4 is 5.73 Å². The summed E-state index contributed by atoms with van der Waals surface area (Å²) >= 11 is 6.36. The third-order valence-electron chi connectivity index (χ3n) is 6.44. The highest BCUT2D eigenvalue weighted by Crippen LogP contribution is 2.41. The van der Waals surface area contributed by atoms with Crippen LogP contribution in [0.1, 0.15) is 51.3 Å². The number of nitrogens with zero attached hydrogens (tertiary/aromatic N) is 4. The number of nitrogens with one attached hydrogen (secondary N) is 1. The number of nitrogen functional groups attached to an aromatic ring is 1. The van der Waals surface area contributed by atoms with E-state index in [1.165, 1.54) is 6.33 Å². The van der Waals surface area contributed by atoms with Gasteiger partial charge in [0.1, 0.15) is 23.4 Å². The SMILES string of the molecule is CC(C)(O)[C@H]1CC[C@H](c2nc(-c3cc4cccc(Cl)c4[nH]3)c3c(N)ncnn32)CC1. The lowest BCUT2D eigenvalue weighted by Gasteiger charge is -2.35. The van der Waals surface area contributed by atoms with E-state index in [1.807, 2.05) is 42.6 Å². The molecule has 30 heavy (non-hydrogen) atoms. The van der Waals surface area contributed by atoms with E-state index in [4.69, 9.17) is 22.3 Å². The van der Waals surface area contributed by atoms with Crippen LogP contribution in [0.3, 0.4) is 0 Å². The van der Waals surface area contributed by atoms with E-state index in [0.717, 1.165) is 53.8 Å². The summed E-state index contributed by atoms with van der Waals surface area (Å²) < 4.78 is 1.83. The fourth-order valence-electron chi connectivity index (χ4n) is 4.73. The molecule has 156 valence electrons. The number of nitrogens with two attached hydrogens (primary N) is 1. The molecule has 4 N–H and O–H groups in total. The summed E-state index contributed by atoms with van der Waals surface area (Å²) in [6.07, 6.45) is 5.30. The highest BCUT2D eigenvalue weighted by Gasteiger charge is 2.34. The molecule has 0 spiro atoms. The summed E-state index contributed by atoms with van der Waals surface area (Å²) in [4.78, 5) is 12.6. The molecule has 7 nitrogen and oxygen atoms in total. The van der Waals surface area contributed by atoms with Gasteiger partial charge in [0.15, 0.2) is 5.82 Å². The van der Waals surface area contributed by atoms with Gasteiger partial charge in [-0.3, -0.25) is 0 Å². The van der Waals surface area contributed by atoms with Crippen molar-refractivity contribution in [2.45, 2.75) is 51.0 Å². The molecule has 1 aromatic carbocycles. The molecule has 1 fully saturated rings. The summed E-state index contributed by atoms with van der Waals surface area (Å²) in [6.45, 7) is 3.80. The Balaban J connectivity index is 1.60. The monoisotopic (exact) mass is 424 g/mol. The van der Waals surface area contributed by atoms with Crippen molar-refractivity contribution in [1.29, 1.82) is 0 Å². The second-order valence-corrected chi connectivity index (χ2v) is 9.22. The van der Waals surface area contributed by atoms with Gasteiger partial charge in [0, 0.05) is 11.3 Å². The molecule has 1 aliphatic carbocycles. The Bertz CT molecular complexity index is 1230. The Kier molecular flexibility index (Phi) is 4.48. The standard InChI is InChI=1S/C22H25ClN6O/c1-22(2,30)14-8-6-12(7-9-14)21-28-18(19-20(24)25-11-26-29(19)21)16-10-13-4-3-5-15(23)17(13)27-16/h3-5,10-12,14,27,30H,6-9H2,1-2H3,(H2,24,25,26)/t12-,14-. The Morgan fingerprint density at radius 2 is 2.00 bits per heavy atom. The maximum absolute atomic E-state index is 10.4. The van der Waals surface area contributed by atoms with E-state index in [2.05, 4.69) is 15.1 Å². The molecule has 5 rings (SSSR count). The average Bonchev–Trinajstić information content (AvgIpc) is 3.31. The van der Waals surface area contributed by atoms with Gasteiger partial charge in [0.05, 0.1) is 21.8 Å². The largest absolute Gasteiger partial charge is 0.390 e. The van der Waals surface area contributed by atoms with E-state index in [-0.39, 0.29) is 5.92 Å². The highest BCUT2D eigenvalue weighted by atomic mass is 35.5. The lowest BCUT2D eigenvalue weighted by Crippen LogP contribution is -2.33. The van der Waals surface area contributed by atoms with Gasteiger partial charge in [-0.1, -0.05) is 23.7 Å². The zero-order valence-electron chi connectivity index (χ0n) is 17.1. The molecule has 1 saturated carbocycles. The number of benzene rings is 1. The van der Waals surface area contributed by atoms with Gasteiger partial charge in [-0.15, -0.1) is 0 Å². The second-order valence-electron chi connectivity index (χ2n) is 8.81. The molecular weight excluding hydrogens is 400 g/mol. The van der Waals surface area contributed by atoms with E-state index >= 15 is 0 Å². The first-order valence-corrected chi connectivity index (χ1v) is 10.7. The number of hydrogen-bond donors (Lipinski definition) is 3. The van der Waals surface area contributed by atoms with E-state index < -0.39 is 5.60 Å². The van der Waals surface area contributed by atoms with Gasteiger partial charge < -0.3 is 15.8 Å². The number of aromatic nitrogens is 5. The summed E-state index contributed by atoms with van der Waals surface area (Å²) in [7, 11) is 0. The van der Waals surface area contributed by atoms with Gasteiger partial charge in [-0.05, 0) is 57.6 Å². The summed E-state index contributed by atoms with van der Waals surface area (Å²) in [6, 6.07) is 7.83. The minimum atomic E-state index is -0.652. The maximum atomic E-state index is 10.4. The number of imidazole rings is 1. The lowest BCUT2D eigenvalue weighted by molar-refractivity contribution is -0.00195. The second kappa shape index (κ2) is 6.96. The van der Waals surface area contributed by atoms with Crippen molar-refractivity contribution >= 4 is 33.8 Å². The molecule has 4 aromatic rings. The molecule has 3 heterocycles. The molecule has 0 unspecified atom stereocenters. The van der Waals surface area contributed by atoms with Crippen LogP contribution in [-0.2, 0) is 0 Å². The lowest BCUT2D eigenvalue weighted by atomic mass is 9.74. The first-order valence-electron chi connectivity index (χ1n) is 10.3. The zero-order valence-corrected chi connectivity index (χ0v) is 17.8. The van der Waals surface area contributed by atoms with Crippen molar-refractivity contribution in [3.05, 3.63) is 41.4 Å². The van der Waals surface area contributed by atoms with Gasteiger partial charge >= 0.3 is 0 Å². The molecule has 8 heteroatoms. The number of anilines is 1. The Morgan fingerprint density at radius 1 is 1.23 bits per heavy atom. The van der Waals surface area contributed by atoms with Crippen LogP contribution in [0.15, 0.2) is 30.6 Å². The van der Waals surface area contributed by atoms with Crippen LogP contribution in [0.25, 0.3) is 27.8 Å².